The lowest BCUT2D eigenvalue weighted by molar-refractivity contribution is 0.430. The second-order valence-electron chi connectivity index (χ2n) is 6.89. The molecule has 0 N–H and O–H groups in total. The molecule has 6 heteroatoms. The van der Waals surface area contributed by atoms with E-state index in [1.165, 1.54) is 25.7 Å². The minimum atomic E-state index is 0.428. The lowest BCUT2D eigenvalue weighted by Crippen LogP contribution is -1.93. The smallest absolute Gasteiger partial charge is 0.257 e. The second-order valence-corrected chi connectivity index (χ2v) is 6.89. The quantitative estimate of drug-likeness (QED) is 0.726. The first-order valence-electron chi connectivity index (χ1n) is 8.38. The highest BCUT2D eigenvalue weighted by atomic mass is 16.5. The lowest BCUT2D eigenvalue weighted by atomic mass is 10.0. The second kappa shape index (κ2) is 4.88. The number of pyridine rings is 1. The molecule has 0 radical (unpaired) electrons. The third-order valence-corrected chi connectivity index (χ3v) is 5.21. The Balaban J connectivity index is 1.53. The van der Waals surface area contributed by atoms with Crippen molar-refractivity contribution in [3.05, 3.63) is 23.8 Å². The molecular weight excluding hydrogens is 292 g/mol. The van der Waals surface area contributed by atoms with Crippen molar-refractivity contribution in [2.45, 2.75) is 50.9 Å². The topological polar surface area (TPSA) is 77.8 Å². The van der Waals surface area contributed by atoms with Crippen molar-refractivity contribution in [3.63, 3.8) is 0 Å². The molecule has 23 heavy (non-hydrogen) atoms. The van der Waals surface area contributed by atoms with Crippen LogP contribution in [0.15, 0.2) is 21.2 Å². The van der Waals surface area contributed by atoms with E-state index in [9.17, 15) is 0 Å². The Hall–Kier alpha value is -2.24. The molecule has 3 aromatic heterocycles. The minimum absolute atomic E-state index is 0.428. The fourth-order valence-electron chi connectivity index (χ4n) is 3.63. The lowest BCUT2D eigenvalue weighted by Gasteiger charge is -2.03. The summed E-state index contributed by atoms with van der Waals surface area (Å²) in [5, 5.41) is 13.6. The average molecular weight is 310 g/mol. The van der Waals surface area contributed by atoms with Gasteiger partial charge < -0.3 is 8.94 Å². The molecule has 0 aliphatic heterocycles. The predicted octanol–water partition coefficient (Wildman–Crippen LogP) is 4.05. The van der Waals surface area contributed by atoms with Crippen molar-refractivity contribution < 1.29 is 8.94 Å². The maximum Gasteiger partial charge on any atom is 0.257 e. The summed E-state index contributed by atoms with van der Waals surface area (Å²) in [6.45, 7) is 2.20. The van der Waals surface area contributed by atoms with Gasteiger partial charge in [-0.15, -0.1) is 10.2 Å². The fraction of sp³-hybridized carbons (Fsp3) is 0.529. The van der Waals surface area contributed by atoms with Crippen molar-refractivity contribution >= 4 is 11.1 Å². The Labute approximate surface area is 133 Å². The van der Waals surface area contributed by atoms with E-state index in [1.54, 1.807) is 6.20 Å². The standard InChI is InChI=1S/C17H18N4O2/c1-9-6-12(9)17-20-19-15(22-17)11-7-13-14(10-4-2-3-5-10)21-23-16(13)18-8-11/h7-10,12H,2-6H2,1H3/t9-,12-/m1/s1. The van der Waals surface area contributed by atoms with Gasteiger partial charge in [-0.05, 0) is 31.2 Å². The molecule has 2 saturated carbocycles. The summed E-state index contributed by atoms with van der Waals surface area (Å²) in [6.07, 6.45) is 7.74. The zero-order valence-corrected chi connectivity index (χ0v) is 13.0. The molecule has 0 unspecified atom stereocenters. The Kier molecular flexibility index (Phi) is 2.80. The molecular formula is C17H18N4O2. The van der Waals surface area contributed by atoms with Crippen molar-refractivity contribution in [1.29, 1.82) is 0 Å². The van der Waals surface area contributed by atoms with Crippen LogP contribution in [0.2, 0.25) is 0 Å². The summed E-state index contributed by atoms with van der Waals surface area (Å²) in [6, 6.07) is 2.03. The number of hydrogen-bond acceptors (Lipinski definition) is 6. The maximum absolute atomic E-state index is 5.84. The van der Waals surface area contributed by atoms with Crippen LogP contribution in [-0.2, 0) is 0 Å². The summed E-state index contributed by atoms with van der Waals surface area (Å²) in [7, 11) is 0. The Morgan fingerprint density at radius 1 is 1.17 bits per heavy atom. The third-order valence-electron chi connectivity index (χ3n) is 5.21. The molecule has 2 fully saturated rings. The van der Waals surface area contributed by atoms with Gasteiger partial charge in [0.2, 0.25) is 11.8 Å². The van der Waals surface area contributed by atoms with Crippen molar-refractivity contribution in [2.75, 3.05) is 0 Å². The summed E-state index contributed by atoms with van der Waals surface area (Å²) in [5.41, 5.74) is 2.46. The van der Waals surface area contributed by atoms with E-state index in [-0.39, 0.29) is 0 Å². The van der Waals surface area contributed by atoms with Gasteiger partial charge in [0.25, 0.3) is 5.71 Å². The first-order valence-corrected chi connectivity index (χ1v) is 8.38. The molecule has 2 aliphatic carbocycles. The van der Waals surface area contributed by atoms with Crippen LogP contribution in [0.4, 0.5) is 0 Å². The summed E-state index contributed by atoms with van der Waals surface area (Å²) < 4.78 is 11.2. The van der Waals surface area contributed by atoms with Gasteiger partial charge in [-0.2, -0.15) is 0 Å². The summed E-state index contributed by atoms with van der Waals surface area (Å²) in [4.78, 5) is 4.38. The highest BCUT2D eigenvalue weighted by molar-refractivity contribution is 5.80. The molecule has 0 amide bonds. The van der Waals surface area contributed by atoms with Gasteiger partial charge in [0.1, 0.15) is 0 Å². The molecule has 3 aromatic rings. The van der Waals surface area contributed by atoms with Crippen LogP contribution < -0.4 is 0 Å². The van der Waals surface area contributed by atoms with Gasteiger partial charge in [0.15, 0.2) is 0 Å². The zero-order chi connectivity index (χ0) is 15.4. The number of rotatable bonds is 3. The van der Waals surface area contributed by atoms with Crippen molar-refractivity contribution in [3.8, 4) is 11.5 Å². The van der Waals surface area contributed by atoms with Crippen molar-refractivity contribution in [2.24, 2.45) is 5.92 Å². The molecule has 5 rings (SSSR count). The van der Waals surface area contributed by atoms with E-state index in [1.807, 2.05) is 6.07 Å². The number of hydrogen-bond donors (Lipinski definition) is 0. The van der Waals surface area contributed by atoms with E-state index in [2.05, 4.69) is 27.3 Å². The third kappa shape index (κ3) is 2.16. The minimum Gasteiger partial charge on any atom is -0.420 e. The largest absolute Gasteiger partial charge is 0.420 e. The number of aromatic nitrogens is 4. The van der Waals surface area contributed by atoms with Gasteiger partial charge >= 0.3 is 0 Å². The van der Waals surface area contributed by atoms with Crippen LogP contribution in [0.5, 0.6) is 0 Å². The molecule has 118 valence electrons. The van der Waals surface area contributed by atoms with E-state index < -0.39 is 0 Å². The Morgan fingerprint density at radius 2 is 2.00 bits per heavy atom. The predicted molar refractivity (Wildman–Crippen MR) is 82.8 cm³/mol. The van der Waals surface area contributed by atoms with E-state index >= 15 is 0 Å². The van der Waals surface area contributed by atoms with Crippen molar-refractivity contribution in [1.82, 2.24) is 20.3 Å². The van der Waals surface area contributed by atoms with E-state index in [0.29, 0.717) is 29.4 Å². The van der Waals surface area contributed by atoms with Crippen LogP contribution in [0, 0.1) is 5.92 Å². The molecule has 3 heterocycles. The first kappa shape index (κ1) is 13.2. The molecule has 2 atom stereocenters. The molecule has 2 aliphatic rings. The average Bonchev–Trinajstić information content (AvgIpc) is 3.07. The Bertz CT molecular complexity index is 862. The zero-order valence-electron chi connectivity index (χ0n) is 13.0. The number of fused-ring (bicyclic) bond motifs is 1. The summed E-state index contributed by atoms with van der Waals surface area (Å²) >= 11 is 0. The van der Waals surface area contributed by atoms with Crippen LogP contribution in [0.25, 0.3) is 22.6 Å². The molecule has 0 aromatic carbocycles. The van der Waals surface area contributed by atoms with Gasteiger partial charge in [-0.1, -0.05) is 24.9 Å². The SMILES string of the molecule is C[C@@H]1C[C@H]1c1nnc(-c2cnc3onc(C4CCCC4)c3c2)o1. The van der Waals surface area contributed by atoms with Gasteiger partial charge in [-0.25, -0.2) is 4.98 Å². The highest BCUT2D eigenvalue weighted by Crippen LogP contribution is 2.46. The van der Waals surface area contributed by atoms with Gasteiger partial charge in [0.05, 0.1) is 16.6 Å². The van der Waals surface area contributed by atoms with E-state index in [0.717, 1.165) is 29.0 Å². The van der Waals surface area contributed by atoms with Crippen LogP contribution in [-0.4, -0.2) is 20.3 Å². The van der Waals surface area contributed by atoms with E-state index in [4.69, 9.17) is 8.94 Å². The molecule has 6 nitrogen and oxygen atoms in total. The van der Waals surface area contributed by atoms with Crippen LogP contribution >= 0.6 is 0 Å². The first-order chi connectivity index (χ1) is 11.3. The van der Waals surface area contributed by atoms with Gasteiger partial charge in [-0.3, -0.25) is 0 Å². The molecule has 0 bridgehead atoms. The van der Waals surface area contributed by atoms with Crippen LogP contribution in [0.1, 0.15) is 62.4 Å². The number of nitrogens with zero attached hydrogens (tertiary/aromatic N) is 4. The monoisotopic (exact) mass is 310 g/mol. The summed E-state index contributed by atoms with van der Waals surface area (Å²) in [5.74, 6) is 2.84. The molecule has 0 saturated heterocycles. The highest BCUT2D eigenvalue weighted by Gasteiger charge is 2.38. The normalized spacial score (nSPS) is 24.6. The Morgan fingerprint density at radius 3 is 2.78 bits per heavy atom. The van der Waals surface area contributed by atoms with Crippen LogP contribution in [0.3, 0.4) is 0 Å². The molecule has 0 spiro atoms. The fourth-order valence-corrected chi connectivity index (χ4v) is 3.63. The van der Waals surface area contributed by atoms with Gasteiger partial charge in [0, 0.05) is 18.0 Å². The maximum atomic E-state index is 5.84.